The molecule has 0 bridgehead atoms. The van der Waals surface area contributed by atoms with Crippen molar-refractivity contribution < 1.29 is 9.53 Å². The van der Waals surface area contributed by atoms with Crippen molar-refractivity contribution in [3.05, 3.63) is 48.1 Å². The van der Waals surface area contributed by atoms with Gasteiger partial charge in [0.1, 0.15) is 17.9 Å². The van der Waals surface area contributed by atoms with Gasteiger partial charge in [0.2, 0.25) is 5.91 Å². The summed E-state index contributed by atoms with van der Waals surface area (Å²) in [5.41, 5.74) is 0.872. The van der Waals surface area contributed by atoms with Crippen molar-refractivity contribution in [1.82, 2.24) is 20.5 Å². The van der Waals surface area contributed by atoms with Crippen LogP contribution in [0.3, 0.4) is 0 Å². The average Bonchev–Trinajstić information content (AvgIpc) is 3.03. The fourth-order valence-corrected chi connectivity index (χ4v) is 1.85. The Kier molecular flexibility index (Phi) is 5.51. The third-order valence-electron chi connectivity index (χ3n) is 2.91. The van der Waals surface area contributed by atoms with Crippen LogP contribution in [0.1, 0.15) is 17.8 Å². The SMILES string of the molecule is COc1ccccc1C=CC(=O)NCCCc1ncn[nH]1. The minimum absolute atomic E-state index is 0.126. The number of hydrogen-bond acceptors (Lipinski definition) is 4. The van der Waals surface area contributed by atoms with E-state index in [-0.39, 0.29) is 5.91 Å². The van der Waals surface area contributed by atoms with E-state index in [1.807, 2.05) is 24.3 Å². The van der Waals surface area contributed by atoms with Gasteiger partial charge in [-0.3, -0.25) is 9.89 Å². The van der Waals surface area contributed by atoms with Crippen LogP contribution in [-0.4, -0.2) is 34.7 Å². The van der Waals surface area contributed by atoms with Crippen LogP contribution in [-0.2, 0) is 11.2 Å². The summed E-state index contributed by atoms with van der Waals surface area (Å²) in [7, 11) is 1.61. The molecule has 2 N–H and O–H groups in total. The van der Waals surface area contributed by atoms with Crippen molar-refractivity contribution in [2.24, 2.45) is 0 Å². The summed E-state index contributed by atoms with van der Waals surface area (Å²) in [4.78, 5) is 15.7. The predicted octanol–water partition coefficient (Wildman–Crippen LogP) is 1.58. The van der Waals surface area contributed by atoms with Crippen LogP contribution < -0.4 is 10.1 Å². The van der Waals surface area contributed by atoms with Gasteiger partial charge >= 0.3 is 0 Å². The van der Waals surface area contributed by atoms with Crippen molar-refractivity contribution in [2.75, 3.05) is 13.7 Å². The van der Waals surface area contributed by atoms with Crippen LogP contribution in [0.5, 0.6) is 5.75 Å². The standard InChI is InChI=1S/C15H18N4O2/c1-21-13-6-3-2-5-12(13)8-9-15(20)16-10-4-7-14-17-11-18-19-14/h2-3,5-6,8-9,11H,4,7,10H2,1H3,(H,16,20)(H,17,18,19). The molecule has 0 spiro atoms. The third-order valence-corrected chi connectivity index (χ3v) is 2.91. The maximum atomic E-state index is 11.7. The van der Waals surface area contributed by atoms with Gasteiger partial charge in [0.15, 0.2) is 0 Å². The Labute approximate surface area is 123 Å². The second-order valence-electron chi connectivity index (χ2n) is 4.40. The first kappa shape index (κ1) is 14.8. The maximum Gasteiger partial charge on any atom is 0.244 e. The first-order valence-corrected chi connectivity index (χ1v) is 6.73. The Bertz CT molecular complexity index is 593. The number of nitrogens with zero attached hydrogens (tertiary/aromatic N) is 2. The molecular formula is C15H18N4O2. The van der Waals surface area contributed by atoms with Crippen molar-refractivity contribution in [2.45, 2.75) is 12.8 Å². The molecule has 110 valence electrons. The lowest BCUT2D eigenvalue weighted by molar-refractivity contribution is -0.116. The number of H-pyrrole nitrogens is 1. The molecular weight excluding hydrogens is 268 g/mol. The van der Waals surface area contributed by atoms with E-state index in [4.69, 9.17) is 4.74 Å². The molecule has 0 saturated carbocycles. The second kappa shape index (κ2) is 7.84. The summed E-state index contributed by atoms with van der Waals surface area (Å²) < 4.78 is 5.22. The molecule has 6 heteroatoms. The Morgan fingerprint density at radius 2 is 2.29 bits per heavy atom. The maximum absolute atomic E-state index is 11.7. The largest absolute Gasteiger partial charge is 0.496 e. The molecule has 0 aliphatic carbocycles. The van der Waals surface area contributed by atoms with Crippen molar-refractivity contribution in [3.63, 3.8) is 0 Å². The second-order valence-corrected chi connectivity index (χ2v) is 4.40. The van der Waals surface area contributed by atoms with E-state index < -0.39 is 0 Å². The molecule has 6 nitrogen and oxygen atoms in total. The number of carbonyl (C=O) groups is 1. The zero-order chi connectivity index (χ0) is 14.9. The number of para-hydroxylation sites is 1. The number of aromatic nitrogens is 3. The van der Waals surface area contributed by atoms with Gasteiger partial charge in [-0.1, -0.05) is 18.2 Å². The first-order valence-electron chi connectivity index (χ1n) is 6.73. The van der Waals surface area contributed by atoms with E-state index in [9.17, 15) is 4.79 Å². The van der Waals surface area contributed by atoms with E-state index in [1.54, 1.807) is 13.2 Å². The normalized spacial score (nSPS) is 10.7. The molecule has 1 aromatic heterocycles. The molecule has 2 rings (SSSR count). The van der Waals surface area contributed by atoms with Crippen molar-refractivity contribution >= 4 is 12.0 Å². The Hall–Kier alpha value is -2.63. The van der Waals surface area contributed by atoms with Gasteiger partial charge in [0.05, 0.1) is 7.11 Å². The molecule has 0 aliphatic heterocycles. The number of aryl methyl sites for hydroxylation is 1. The highest BCUT2D eigenvalue weighted by Gasteiger charge is 2.00. The van der Waals surface area contributed by atoms with Crippen LogP contribution in [0.15, 0.2) is 36.7 Å². The lowest BCUT2D eigenvalue weighted by Gasteiger charge is -2.04. The number of carbonyl (C=O) groups excluding carboxylic acids is 1. The lowest BCUT2D eigenvalue weighted by atomic mass is 10.2. The molecule has 0 saturated heterocycles. The smallest absolute Gasteiger partial charge is 0.244 e. The Morgan fingerprint density at radius 1 is 1.43 bits per heavy atom. The summed E-state index contributed by atoms with van der Waals surface area (Å²) in [6, 6.07) is 7.54. The number of ether oxygens (including phenoxy) is 1. The molecule has 1 amide bonds. The van der Waals surface area contributed by atoms with Crippen molar-refractivity contribution in [1.29, 1.82) is 0 Å². The first-order chi connectivity index (χ1) is 10.3. The number of hydrogen-bond donors (Lipinski definition) is 2. The number of benzene rings is 1. The zero-order valence-corrected chi connectivity index (χ0v) is 11.9. The number of rotatable bonds is 7. The molecule has 2 aromatic rings. The van der Waals surface area contributed by atoms with Gasteiger partial charge in [-0.2, -0.15) is 5.10 Å². The number of amides is 1. The van der Waals surface area contributed by atoms with E-state index in [2.05, 4.69) is 20.5 Å². The van der Waals surface area contributed by atoms with Gasteiger partial charge in [0, 0.05) is 24.6 Å². The predicted molar refractivity (Wildman–Crippen MR) is 79.7 cm³/mol. The Balaban J connectivity index is 1.75. The van der Waals surface area contributed by atoms with Crippen LogP contribution in [0.25, 0.3) is 6.08 Å². The summed E-state index contributed by atoms with van der Waals surface area (Å²) in [6.45, 7) is 0.593. The Morgan fingerprint density at radius 3 is 3.05 bits per heavy atom. The van der Waals surface area contributed by atoms with Gasteiger partial charge in [-0.05, 0) is 18.6 Å². The van der Waals surface area contributed by atoms with Gasteiger partial charge in [-0.15, -0.1) is 0 Å². The minimum atomic E-state index is -0.126. The molecule has 1 aromatic carbocycles. The zero-order valence-electron chi connectivity index (χ0n) is 11.9. The number of aromatic amines is 1. The highest BCUT2D eigenvalue weighted by molar-refractivity contribution is 5.92. The third kappa shape index (κ3) is 4.76. The molecule has 0 unspecified atom stereocenters. The quantitative estimate of drug-likeness (QED) is 0.598. The van der Waals surface area contributed by atoms with E-state index in [1.165, 1.54) is 12.4 Å². The fourth-order valence-electron chi connectivity index (χ4n) is 1.85. The molecule has 1 heterocycles. The monoisotopic (exact) mass is 286 g/mol. The van der Waals surface area contributed by atoms with E-state index >= 15 is 0 Å². The summed E-state index contributed by atoms with van der Waals surface area (Å²) in [5.74, 6) is 1.44. The molecule has 0 atom stereocenters. The molecule has 0 radical (unpaired) electrons. The van der Waals surface area contributed by atoms with E-state index in [0.29, 0.717) is 6.54 Å². The molecule has 21 heavy (non-hydrogen) atoms. The average molecular weight is 286 g/mol. The summed E-state index contributed by atoms with van der Waals surface area (Å²) in [6.07, 6.45) is 6.29. The molecule has 0 fully saturated rings. The topological polar surface area (TPSA) is 79.9 Å². The van der Waals surface area contributed by atoms with Gasteiger partial charge < -0.3 is 10.1 Å². The highest BCUT2D eigenvalue weighted by Crippen LogP contribution is 2.18. The number of nitrogens with one attached hydrogen (secondary N) is 2. The van der Waals surface area contributed by atoms with Gasteiger partial charge in [-0.25, -0.2) is 4.98 Å². The van der Waals surface area contributed by atoms with Crippen LogP contribution >= 0.6 is 0 Å². The minimum Gasteiger partial charge on any atom is -0.496 e. The summed E-state index contributed by atoms with van der Waals surface area (Å²) in [5, 5.41) is 9.38. The highest BCUT2D eigenvalue weighted by atomic mass is 16.5. The summed E-state index contributed by atoms with van der Waals surface area (Å²) >= 11 is 0. The van der Waals surface area contributed by atoms with E-state index in [0.717, 1.165) is 30.0 Å². The molecule has 0 aliphatic rings. The fraction of sp³-hybridized carbons (Fsp3) is 0.267. The number of methoxy groups -OCH3 is 1. The van der Waals surface area contributed by atoms with Crippen LogP contribution in [0.2, 0.25) is 0 Å². The lowest BCUT2D eigenvalue weighted by Crippen LogP contribution is -2.22. The van der Waals surface area contributed by atoms with Crippen LogP contribution in [0.4, 0.5) is 0 Å². The van der Waals surface area contributed by atoms with Gasteiger partial charge in [0.25, 0.3) is 0 Å². The van der Waals surface area contributed by atoms with Crippen LogP contribution in [0, 0.1) is 0 Å². The van der Waals surface area contributed by atoms with Crippen molar-refractivity contribution in [3.8, 4) is 5.75 Å².